The molecule has 1 aliphatic carbocycles. The van der Waals surface area contributed by atoms with Crippen molar-refractivity contribution in [3.05, 3.63) is 23.8 Å². The Hall–Kier alpha value is -1.04. The predicted molar refractivity (Wildman–Crippen MR) is 86.8 cm³/mol. The van der Waals surface area contributed by atoms with Crippen molar-refractivity contribution < 1.29 is 9.84 Å². The van der Waals surface area contributed by atoms with Gasteiger partial charge >= 0.3 is 0 Å². The minimum absolute atomic E-state index is 0.0570. The van der Waals surface area contributed by atoms with Gasteiger partial charge in [0.25, 0.3) is 0 Å². The third-order valence-electron chi connectivity index (χ3n) is 4.81. The van der Waals surface area contributed by atoms with Crippen molar-refractivity contribution in [1.29, 1.82) is 0 Å². The lowest BCUT2D eigenvalue weighted by atomic mass is 9.88. The number of aliphatic hydroxyl groups is 1. The van der Waals surface area contributed by atoms with Gasteiger partial charge in [-0.2, -0.15) is 0 Å². The van der Waals surface area contributed by atoms with Gasteiger partial charge in [-0.25, -0.2) is 0 Å². The largest absolute Gasteiger partial charge is 0.380 e. The summed E-state index contributed by atoms with van der Waals surface area (Å²) in [6, 6.07) is 0. The lowest BCUT2D eigenvalue weighted by molar-refractivity contribution is 0.174. The van der Waals surface area contributed by atoms with Crippen LogP contribution in [0.2, 0.25) is 0 Å². The first-order valence-electron chi connectivity index (χ1n) is 8.08. The van der Waals surface area contributed by atoms with E-state index in [1.54, 1.807) is 0 Å². The van der Waals surface area contributed by atoms with Gasteiger partial charge in [-0.3, -0.25) is 0 Å². The zero-order valence-corrected chi connectivity index (χ0v) is 13.6. The summed E-state index contributed by atoms with van der Waals surface area (Å²) in [7, 11) is 0. The summed E-state index contributed by atoms with van der Waals surface area (Å²) in [5.41, 5.74) is 2.47. The van der Waals surface area contributed by atoms with Gasteiger partial charge < -0.3 is 9.84 Å². The lowest BCUT2D eigenvalue weighted by Crippen LogP contribution is -2.19. The fourth-order valence-electron chi connectivity index (χ4n) is 3.12. The Morgan fingerprint density at radius 2 is 2.24 bits per heavy atom. The Morgan fingerprint density at radius 1 is 1.48 bits per heavy atom. The first-order chi connectivity index (χ1) is 9.92. The number of epoxide rings is 1. The van der Waals surface area contributed by atoms with Crippen molar-refractivity contribution in [1.82, 2.24) is 0 Å². The maximum Gasteiger partial charge on any atom is 0.121 e. The highest BCUT2D eigenvalue weighted by atomic mass is 16.6. The van der Waals surface area contributed by atoms with Gasteiger partial charge in [-0.05, 0) is 52.9 Å². The van der Waals surface area contributed by atoms with Gasteiger partial charge in [0.2, 0.25) is 0 Å². The zero-order chi connectivity index (χ0) is 15.5. The van der Waals surface area contributed by atoms with Crippen LogP contribution in [0.3, 0.4) is 0 Å². The van der Waals surface area contributed by atoms with E-state index < -0.39 is 6.10 Å². The summed E-state index contributed by atoms with van der Waals surface area (Å²) in [5, 5.41) is 10.3. The number of aliphatic hydroxyl groups excluding tert-OH is 1. The quantitative estimate of drug-likeness (QED) is 0.449. The summed E-state index contributed by atoms with van der Waals surface area (Å²) < 4.78 is 5.83. The molecule has 21 heavy (non-hydrogen) atoms. The first-order valence-corrected chi connectivity index (χ1v) is 8.08. The van der Waals surface area contributed by atoms with Gasteiger partial charge in [-0.15, -0.1) is 5.92 Å². The van der Waals surface area contributed by atoms with E-state index in [-0.39, 0.29) is 11.5 Å². The second kappa shape index (κ2) is 6.81. The van der Waals surface area contributed by atoms with Crippen LogP contribution < -0.4 is 0 Å². The molecule has 1 aliphatic heterocycles. The zero-order valence-electron chi connectivity index (χ0n) is 13.6. The summed E-state index contributed by atoms with van der Waals surface area (Å²) in [6.45, 7) is 10.4. The molecule has 116 valence electrons. The number of fused-ring (bicyclic) bond motifs is 1. The molecule has 1 N–H and O–H groups in total. The van der Waals surface area contributed by atoms with Crippen LogP contribution in [0.5, 0.6) is 0 Å². The van der Waals surface area contributed by atoms with Crippen molar-refractivity contribution in [3.63, 3.8) is 0 Å². The molecule has 1 saturated heterocycles. The highest BCUT2D eigenvalue weighted by Gasteiger charge is 2.50. The van der Waals surface area contributed by atoms with Crippen LogP contribution in [0.4, 0.5) is 0 Å². The number of hydrogen-bond donors (Lipinski definition) is 1. The second-order valence-corrected chi connectivity index (χ2v) is 6.80. The van der Waals surface area contributed by atoms with E-state index in [0.29, 0.717) is 6.10 Å². The molecule has 0 amide bonds. The third-order valence-corrected chi connectivity index (χ3v) is 4.81. The van der Waals surface area contributed by atoms with Crippen molar-refractivity contribution >= 4 is 0 Å². The summed E-state index contributed by atoms with van der Waals surface area (Å²) >= 11 is 0. The summed E-state index contributed by atoms with van der Waals surface area (Å²) in [6.07, 6.45) is 7.93. The maximum absolute atomic E-state index is 10.3. The molecule has 2 nitrogen and oxygen atoms in total. The molecule has 2 aliphatic rings. The van der Waals surface area contributed by atoms with Crippen LogP contribution in [0.15, 0.2) is 23.8 Å². The minimum Gasteiger partial charge on any atom is -0.380 e. The standard InChI is InChI=1S/C19H28O2/c1-14(2)16-12-11-15(3)8-7-13-19(4)18(21-19)10-6-5-9-17(16)20/h8,16-18,20H,1,6-7,10-13H2,2-4H3/b15-8+/t16-,17-,18-,19-/m1/s1. The Balaban J connectivity index is 2.07. The number of allylic oxidation sites excluding steroid dienone is 2. The van der Waals surface area contributed by atoms with Gasteiger partial charge in [0.1, 0.15) is 6.10 Å². The van der Waals surface area contributed by atoms with Crippen molar-refractivity contribution in [3.8, 4) is 11.8 Å². The SMILES string of the molecule is C=C(C)[C@H]1CC/C(C)=C/CC[C@@]2(C)O[C@@H]2CCC#C[C@H]1O. The van der Waals surface area contributed by atoms with Crippen molar-refractivity contribution in [2.75, 3.05) is 0 Å². The third kappa shape index (κ3) is 4.46. The second-order valence-electron chi connectivity index (χ2n) is 6.80. The molecule has 2 rings (SSSR count). The molecular formula is C19H28O2. The van der Waals surface area contributed by atoms with Crippen molar-refractivity contribution in [2.24, 2.45) is 5.92 Å². The molecular weight excluding hydrogens is 260 g/mol. The van der Waals surface area contributed by atoms with E-state index in [2.05, 4.69) is 38.3 Å². The fourth-order valence-corrected chi connectivity index (χ4v) is 3.12. The molecule has 0 aromatic carbocycles. The van der Waals surface area contributed by atoms with E-state index in [1.165, 1.54) is 5.57 Å². The fraction of sp³-hybridized carbons (Fsp3) is 0.684. The smallest absolute Gasteiger partial charge is 0.121 e. The molecule has 2 heteroatoms. The van der Waals surface area contributed by atoms with E-state index in [1.807, 2.05) is 6.92 Å². The Bertz CT molecular complexity index is 480. The van der Waals surface area contributed by atoms with Crippen LogP contribution in [-0.2, 0) is 4.74 Å². The van der Waals surface area contributed by atoms with Crippen LogP contribution in [0, 0.1) is 17.8 Å². The van der Waals surface area contributed by atoms with Crippen LogP contribution in [-0.4, -0.2) is 22.9 Å². The van der Waals surface area contributed by atoms with Crippen LogP contribution >= 0.6 is 0 Å². The predicted octanol–water partition coefficient (Wildman–Crippen LogP) is 4.00. The van der Waals surface area contributed by atoms with E-state index in [9.17, 15) is 5.11 Å². The van der Waals surface area contributed by atoms with Crippen LogP contribution in [0.1, 0.15) is 59.3 Å². The van der Waals surface area contributed by atoms with Crippen LogP contribution in [0.25, 0.3) is 0 Å². The molecule has 0 bridgehead atoms. The highest BCUT2D eigenvalue weighted by molar-refractivity contribution is 5.15. The van der Waals surface area contributed by atoms with Gasteiger partial charge in [0, 0.05) is 12.3 Å². The average Bonchev–Trinajstić information content (AvgIpc) is 3.04. The molecule has 0 unspecified atom stereocenters. The monoisotopic (exact) mass is 288 g/mol. The molecule has 0 saturated carbocycles. The Labute approximate surface area is 129 Å². The van der Waals surface area contributed by atoms with Crippen molar-refractivity contribution in [2.45, 2.75) is 77.1 Å². The minimum atomic E-state index is -0.593. The molecule has 0 aromatic heterocycles. The van der Waals surface area contributed by atoms with E-state index >= 15 is 0 Å². The normalized spacial score (nSPS) is 39.8. The number of hydrogen-bond acceptors (Lipinski definition) is 2. The average molecular weight is 288 g/mol. The molecule has 0 spiro atoms. The molecule has 0 radical (unpaired) electrons. The van der Waals surface area contributed by atoms with Gasteiger partial charge in [-0.1, -0.05) is 29.7 Å². The number of ether oxygens (including phenoxy) is 1. The van der Waals surface area contributed by atoms with E-state index in [4.69, 9.17) is 4.74 Å². The number of rotatable bonds is 1. The van der Waals surface area contributed by atoms with Gasteiger partial charge in [0.05, 0.1) is 11.7 Å². The Morgan fingerprint density at radius 3 is 2.95 bits per heavy atom. The lowest BCUT2D eigenvalue weighted by Gasteiger charge is -2.19. The summed E-state index contributed by atoms with van der Waals surface area (Å²) in [5.74, 6) is 6.20. The highest BCUT2D eigenvalue weighted by Crippen LogP contribution is 2.43. The first kappa shape index (κ1) is 16.3. The Kier molecular flexibility index (Phi) is 5.30. The topological polar surface area (TPSA) is 32.8 Å². The van der Waals surface area contributed by atoms with E-state index in [0.717, 1.165) is 44.1 Å². The molecule has 1 heterocycles. The summed E-state index contributed by atoms with van der Waals surface area (Å²) in [4.78, 5) is 0. The molecule has 4 atom stereocenters. The maximum atomic E-state index is 10.3. The molecule has 1 fully saturated rings. The van der Waals surface area contributed by atoms with Gasteiger partial charge in [0.15, 0.2) is 0 Å². The molecule has 0 aromatic rings.